The highest BCUT2D eigenvalue weighted by Gasteiger charge is 2.42. The third-order valence-corrected chi connectivity index (χ3v) is 3.17. The van der Waals surface area contributed by atoms with Crippen LogP contribution in [0.3, 0.4) is 0 Å². The molecule has 10 heteroatoms. The van der Waals surface area contributed by atoms with Crippen LogP contribution in [0.2, 0.25) is 5.02 Å². The fourth-order valence-corrected chi connectivity index (χ4v) is 1.83. The topological polar surface area (TPSA) is 69.6 Å². The standard InChI is InChI=1S/C13H13ClF4N2O3/c1-20(5-4-10(21)22)12(23)19-11(13(16,17)18)7-2-3-9(15)8(14)6-7/h2-3,6,11H,4-5H2,1H3,(H,19,23)(H,21,22). The largest absolute Gasteiger partial charge is 0.481 e. The first-order chi connectivity index (χ1) is 10.5. The van der Waals surface area contributed by atoms with Gasteiger partial charge in [-0.05, 0) is 17.7 Å². The molecule has 128 valence electrons. The molecule has 0 aliphatic rings. The molecule has 0 saturated carbocycles. The van der Waals surface area contributed by atoms with E-state index >= 15 is 0 Å². The monoisotopic (exact) mass is 356 g/mol. The molecule has 5 nitrogen and oxygen atoms in total. The smallest absolute Gasteiger partial charge is 0.412 e. The van der Waals surface area contributed by atoms with Gasteiger partial charge in [-0.1, -0.05) is 17.7 Å². The SMILES string of the molecule is CN(CCC(=O)O)C(=O)NC(c1ccc(F)c(Cl)c1)C(F)(F)F. The van der Waals surface area contributed by atoms with Crippen molar-refractivity contribution < 1.29 is 32.3 Å². The van der Waals surface area contributed by atoms with Crippen molar-refractivity contribution in [2.75, 3.05) is 13.6 Å². The number of carbonyl (C=O) groups is 2. The summed E-state index contributed by atoms with van der Waals surface area (Å²) in [6, 6.07) is -1.13. The Hall–Kier alpha value is -2.03. The van der Waals surface area contributed by atoms with Crippen molar-refractivity contribution in [3.8, 4) is 0 Å². The van der Waals surface area contributed by atoms with Crippen LogP contribution in [0.4, 0.5) is 22.4 Å². The number of aliphatic carboxylic acids is 1. The van der Waals surface area contributed by atoms with E-state index in [2.05, 4.69) is 0 Å². The maximum absolute atomic E-state index is 13.1. The lowest BCUT2D eigenvalue weighted by atomic mass is 10.1. The Morgan fingerprint density at radius 1 is 1.39 bits per heavy atom. The van der Waals surface area contributed by atoms with Gasteiger partial charge in [0.1, 0.15) is 5.82 Å². The highest BCUT2D eigenvalue weighted by atomic mass is 35.5. The molecule has 1 rings (SSSR count). The maximum atomic E-state index is 13.1. The Labute approximate surface area is 133 Å². The average Bonchev–Trinajstić information content (AvgIpc) is 2.43. The van der Waals surface area contributed by atoms with Crippen LogP contribution >= 0.6 is 11.6 Å². The Bertz CT molecular complexity index is 595. The van der Waals surface area contributed by atoms with Crippen molar-refractivity contribution in [2.45, 2.75) is 18.6 Å². The van der Waals surface area contributed by atoms with Crippen LogP contribution < -0.4 is 5.32 Å². The number of carboxylic acid groups (broad SMARTS) is 1. The molecule has 1 aromatic carbocycles. The normalized spacial score (nSPS) is 12.6. The molecule has 1 unspecified atom stereocenters. The number of benzene rings is 1. The van der Waals surface area contributed by atoms with E-state index in [1.165, 1.54) is 0 Å². The van der Waals surface area contributed by atoms with Crippen molar-refractivity contribution >= 4 is 23.6 Å². The van der Waals surface area contributed by atoms with Gasteiger partial charge >= 0.3 is 18.2 Å². The van der Waals surface area contributed by atoms with E-state index in [-0.39, 0.29) is 6.54 Å². The van der Waals surface area contributed by atoms with Gasteiger partial charge in [0.15, 0.2) is 6.04 Å². The summed E-state index contributed by atoms with van der Waals surface area (Å²) in [5, 5.41) is 9.72. The Morgan fingerprint density at radius 3 is 2.48 bits per heavy atom. The number of alkyl halides is 3. The van der Waals surface area contributed by atoms with E-state index < -0.39 is 47.0 Å². The molecule has 1 atom stereocenters. The van der Waals surface area contributed by atoms with Crippen LogP contribution in [0.15, 0.2) is 18.2 Å². The molecule has 0 aliphatic heterocycles. The number of hydrogen-bond donors (Lipinski definition) is 2. The molecule has 0 saturated heterocycles. The molecule has 0 aromatic heterocycles. The van der Waals surface area contributed by atoms with E-state index in [9.17, 15) is 27.2 Å². The van der Waals surface area contributed by atoms with Gasteiger partial charge in [0.2, 0.25) is 0 Å². The summed E-state index contributed by atoms with van der Waals surface area (Å²) in [6.45, 7) is -0.268. The number of carbonyl (C=O) groups excluding carboxylic acids is 1. The zero-order valence-electron chi connectivity index (χ0n) is 11.8. The first-order valence-corrected chi connectivity index (χ1v) is 6.65. The number of hydrogen-bond acceptors (Lipinski definition) is 2. The van der Waals surface area contributed by atoms with Gasteiger partial charge in [-0.25, -0.2) is 9.18 Å². The second-order valence-electron chi connectivity index (χ2n) is 4.66. The summed E-state index contributed by atoms with van der Waals surface area (Å²) in [6.07, 6.45) is -5.26. The van der Waals surface area contributed by atoms with Crippen LogP contribution in [-0.4, -0.2) is 41.8 Å². The second kappa shape index (κ2) is 7.49. The predicted molar refractivity (Wildman–Crippen MR) is 73.6 cm³/mol. The van der Waals surface area contributed by atoms with Crippen molar-refractivity contribution in [3.63, 3.8) is 0 Å². The van der Waals surface area contributed by atoms with Crippen molar-refractivity contribution in [3.05, 3.63) is 34.6 Å². The molecule has 0 spiro atoms. The maximum Gasteiger partial charge on any atom is 0.412 e. The van der Waals surface area contributed by atoms with Gasteiger partial charge in [-0.15, -0.1) is 0 Å². The minimum absolute atomic E-state index is 0.268. The molecule has 0 fully saturated rings. The first kappa shape index (κ1) is 19.0. The summed E-state index contributed by atoms with van der Waals surface area (Å²) in [5.74, 6) is -2.08. The highest BCUT2D eigenvalue weighted by molar-refractivity contribution is 6.30. The number of nitrogens with zero attached hydrogens (tertiary/aromatic N) is 1. The molecular weight excluding hydrogens is 344 g/mol. The van der Waals surface area contributed by atoms with Crippen LogP contribution in [0.1, 0.15) is 18.0 Å². The zero-order chi connectivity index (χ0) is 17.8. The van der Waals surface area contributed by atoms with E-state index in [0.717, 1.165) is 30.1 Å². The van der Waals surface area contributed by atoms with E-state index in [1.54, 1.807) is 5.32 Å². The van der Waals surface area contributed by atoms with Gasteiger partial charge in [-0.3, -0.25) is 4.79 Å². The summed E-state index contributed by atoms with van der Waals surface area (Å²) < 4.78 is 52.4. The molecule has 1 aromatic rings. The Morgan fingerprint density at radius 2 is 2.00 bits per heavy atom. The lowest BCUT2D eigenvalue weighted by molar-refractivity contribution is -0.155. The van der Waals surface area contributed by atoms with Crippen LogP contribution in [-0.2, 0) is 4.79 Å². The van der Waals surface area contributed by atoms with Crippen molar-refractivity contribution in [1.29, 1.82) is 0 Å². The van der Waals surface area contributed by atoms with Crippen LogP contribution in [0.5, 0.6) is 0 Å². The fraction of sp³-hybridized carbons (Fsp3) is 0.385. The minimum atomic E-state index is -4.84. The summed E-state index contributed by atoms with van der Waals surface area (Å²) in [7, 11) is 1.16. The summed E-state index contributed by atoms with van der Waals surface area (Å²) >= 11 is 5.46. The quantitative estimate of drug-likeness (QED) is 0.796. The third kappa shape index (κ3) is 5.59. The molecular formula is C13H13ClF4N2O3. The zero-order valence-corrected chi connectivity index (χ0v) is 12.6. The molecule has 0 radical (unpaired) electrons. The second-order valence-corrected chi connectivity index (χ2v) is 5.07. The predicted octanol–water partition coefficient (Wildman–Crippen LogP) is 3.20. The Balaban J connectivity index is 2.93. The number of urea groups is 1. The van der Waals surface area contributed by atoms with Crippen molar-refractivity contribution in [1.82, 2.24) is 10.2 Å². The molecule has 0 heterocycles. The summed E-state index contributed by atoms with van der Waals surface area (Å²) in [4.78, 5) is 23.0. The molecule has 0 bridgehead atoms. The van der Waals surface area contributed by atoms with Gasteiger partial charge in [0.25, 0.3) is 0 Å². The first-order valence-electron chi connectivity index (χ1n) is 6.27. The Kier molecular flexibility index (Phi) is 6.20. The lowest BCUT2D eigenvalue weighted by Crippen LogP contribution is -2.44. The van der Waals surface area contributed by atoms with Crippen LogP contribution in [0.25, 0.3) is 0 Å². The summed E-state index contributed by atoms with van der Waals surface area (Å²) in [5.41, 5.74) is -0.441. The number of rotatable bonds is 5. The van der Waals surface area contributed by atoms with E-state index in [1.807, 2.05) is 0 Å². The van der Waals surface area contributed by atoms with Gasteiger partial charge < -0.3 is 15.3 Å². The van der Waals surface area contributed by atoms with Crippen LogP contribution in [0, 0.1) is 5.82 Å². The van der Waals surface area contributed by atoms with Gasteiger partial charge in [-0.2, -0.15) is 13.2 Å². The molecule has 23 heavy (non-hydrogen) atoms. The number of nitrogens with one attached hydrogen (secondary N) is 1. The van der Waals surface area contributed by atoms with Gasteiger partial charge in [0, 0.05) is 13.6 Å². The van der Waals surface area contributed by atoms with Gasteiger partial charge in [0.05, 0.1) is 11.4 Å². The molecule has 0 aliphatic carbocycles. The molecule has 2 amide bonds. The lowest BCUT2D eigenvalue weighted by Gasteiger charge is -2.25. The van der Waals surface area contributed by atoms with E-state index in [0.29, 0.717) is 0 Å². The number of carboxylic acids is 1. The molecule has 2 N–H and O–H groups in total. The van der Waals surface area contributed by atoms with Crippen molar-refractivity contribution in [2.24, 2.45) is 0 Å². The average molecular weight is 357 g/mol. The fourth-order valence-electron chi connectivity index (χ4n) is 1.64. The third-order valence-electron chi connectivity index (χ3n) is 2.88. The minimum Gasteiger partial charge on any atom is -0.481 e. The van der Waals surface area contributed by atoms with E-state index in [4.69, 9.17) is 16.7 Å². The number of amides is 2. The number of halogens is 5. The highest BCUT2D eigenvalue weighted by Crippen LogP contribution is 2.34.